The molecule has 19 heavy (non-hydrogen) atoms. The fraction of sp³-hybridized carbons (Fsp3) is 0.312. The highest BCUT2D eigenvalue weighted by Gasteiger charge is 2.14. The van der Waals surface area contributed by atoms with Crippen molar-refractivity contribution in [2.75, 3.05) is 0 Å². The minimum Gasteiger partial charge on any atom is -0.291 e. The van der Waals surface area contributed by atoms with Gasteiger partial charge in [-0.05, 0) is 32.8 Å². The van der Waals surface area contributed by atoms with Gasteiger partial charge in [0.25, 0.3) is 0 Å². The second-order valence-corrected chi connectivity index (χ2v) is 6.14. The van der Waals surface area contributed by atoms with Crippen molar-refractivity contribution in [1.29, 1.82) is 0 Å². The first-order valence-electron chi connectivity index (χ1n) is 6.66. The molecule has 0 unspecified atom stereocenters. The Morgan fingerprint density at radius 2 is 1.74 bits per heavy atom. The Hall–Kier alpha value is -1.61. The van der Waals surface area contributed by atoms with Crippen LogP contribution in [-0.2, 0) is 6.42 Å². The highest BCUT2D eigenvalue weighted by atomic mass is 32.1. The lowest BCUT2D eigenvalue weighted by Crippen LogP contribution is -1.90. The van der Waals surface area contributed by atoms with Gasteiger partial charge < -0.3 is 0 Å². The summed E-state index contributed by atoms with van der Waals surface area (Å²) in [4.78, 5) is 7.25. The summed E-state index contributed by atoms with van der Waals surface area (Å²) in [6, 6.07) is 8.75. The quantitative estimate of drug-likeness (QED) is 0.667. The van der Waals surface area contributed by atoms with Gasteiger partial charge in [0.05, 0.1) is 5.69 Å². The Labute approximate surface area is 117 Å². The highest BCUT2D eigenvalue weighted by Crippen LogP contribution is 2.30. The fourth-order valence-corrected chi connectivity index (χ4v) is 3.49. The van der Waals surface area contributed by atoms with Crippen LogP contribution < -0.4 is 0 Å². The Kier molecular flexibility index (Phi) is 2.94. The highest BCUT2D eigenvalue weighted by molar-refractivity contribution is 7.17. The minimum absolute atomic E-state index is 1.08. The van der Waals surface area contributed by atoms with Crippen LogP contribution in [0, 0.1) is 20.8 Å². The number of nitrogens with zero attached hydrogens (tertiary/aromatic N) is 2. The molecule has 98 valence electrons. The predicted octanol–water partition coefficient (Wildman–Crippen LogP) is 4.55. The third kappa shape index (κ3) is 1.89. The van der Waals surface area contributed by atoms with Crippen LogP contribution in [-0.4, -0.2) is 9.38 Å². The summed E-state index contributed by atoms with van der Waals surface area (Å²) >= 11 is 1.77. The van der Waals surface area contributed by atoms with Crippen molar-refractivity contribution < 1.29 is 0 Å². The summed E-state index contributed by atoms with van der Waals surface area (Å²) in [6.45, 7) is 8.66. The van der Waals surface area contributed by atoms with Crippen LogP contribution in [0.2, 0.25) is 0 Å². The van der Waals surface area contributed by atoms with Crippen LogP contribution in [0.15, 0.2) is 24.3 Å². The maximum absolute atomic E-state index is 4.80. The predicted molar refractivity (Wildman–Crippen MR) is 82.1 cm³/mol. The molecular formula is C16H18N2S. The molecule has 0 fully saturated rings. The Balaban J connectivity index is 2.16. The lowest BCUT2D eigenvalue weighted by atomic mass is 10.1. The molecule has 0 aliphatic rings. The molecule has 3 rings (SSSR count). The van der Waals surface area contributed by atoms with Crippen molar-refractivity contribution in [3.63, 3.8) is 0 Å². The van der Waals surface area contributed by atoms with E-state index in [0.29, 0.717) is 0 Å². The number of imidazole rings is 1. The van der Waals surface area contributed by atoms with Crippen LogP contribution in [0.1, 0.15) is 28.8 Å². The van der Waals surface area contributed by atoms with Gasteiger partial charge in [0.1, 0.15) is 0 Å². The van der Waals surface area contributed by atoms with E-state index in [4.69, 9.17) is 4.98 Å². The van der Waals surface area contributed by atoms with Gasteiger partial charge >= 0.3 is 0 Å². The summed E-state index contributed by atoms with van der Waals surface area (Å²) < 4.78 is 2.27. The van der Waals surface area contributed by atoms with Crippen LogP contribution in [0.25, 0.3) is 16.2 Å². The maximum Gasteiger partial charge on any atom is 0.194 e. The number of hydrogen-bond acceptors (Lipinski definition) is 2. The summed E-state index contributed by atoms with van der Waals surface area (Å²) in [5, 5.41) is 0. The molecule has 0 atom stereocenters. The van der Waals surface area contributed by atoms with E-state index in [9.17, 15) is 0 Å². The third-order valence-electron chi connectivity index (χ3n) is 3.80. The van der Waals surface area contributed by atoms with Gasteiger partial charge in [0, 0.05) is 21.8 Å². The standard InChI is InChI=1S/C16H18N2S/c1-5-13-6-8-14(9-7-13)15-11(3)18-10(2)12(4)19-16(18)17-15/h6-9H,5H2,1-4H3. The molecule has 0 aliphatic heterocycles. The van der Waals surface area contributed by atoms with E-state index in [-0.39, 0.29) is 0 Å². The number of hydrogen-bond donors (Lipinski definition) is 0. The smallest absolute Gasteiger partial charge is 0.194 e. The van der Waals surface area contributed by atoms with Crippen molar-refractivity contribution in [3.8, 4) is 11.3 Å². The summed E-state index contributed by atoms with van der Waals surface area (Å²) in [7, 11) is 0. The number of aryl methyl sites for hydroxylation is 4. The largest absolute Gasteiger partial charge is 0.291 e. The van der Waals surface area contributed by atoms with Gasteiger partial charge in [0.2, 0.25) is 0 Å². The van der Waals surface area contributed by atoms with Gasteiger partial charge in [-0.3, -0.25) is 4.40 Å². The number of fused-ring (bicyclic) bond motifs is 1. The zero-order chi connectivity index (χ0) is 13.6. The van der Waals surface area contributed by atoms with E-state index in [1.54, 1.807) is 11.3 Å². The van der Waals surface area contributed by atoms with Gasteiger partial charge in [-0.1, -0.05) is 31.2 Å². The Morgan fingerprint density at radius 1 is 1.05 bits per heavy atom. The molecule has 2 nitrogen and oxygen atoms in total. The molecule has 2 heterocycles. The molecule has 0 saturated heterocycles. The van der Waals surface area contributed by atoms with Crippen molar-refractivity contribution in [3.05, 3.63) is 46.1 Å². The molecule has 1 aromatic carbocycles. The van der Waals surface area contributed by atoms with Crippen molar-refractivity contribution in [2.45, 2.75) is 34.1 Å². The van der Waals surface area contributed by atoms with Crippen molar-refractivity contribution in [1.82, 2.24) is 9.38 Å². The monoisotopic (exact) mass is 270 g/mol. The Bertz CT molecular complexity index is 732. The summed E-state index contributed by atoms with van der Waals surface area (Å²) in [5.74, 6) is 0. The molecule has 0 aliphatic carbocycles. The average molecular weight is 270 g/mol. The molecule has 3 aromatic rings. The van der Waals surface area contributed by atoms with Crippen molar-refractivity contribution in [2.24, 2.45) is 0 Å². The summed E-state index contributed by atoms with van der Waals surface area (Å²) in [6.07, 6.45) is 1.08. The normalized spacial score (nSPS) is 11.4. The second kappa shape index (κ2) is 4.49. The van der Waals surface area contributed by atoms with Crippen molar-refractivity contribution >= 4 is 16.3 Å². The number of thiazole rings is 1. The molecule has 0 N–H and O–H groups in total. The minimum atomic E-state index is 1.08. The van der Waals surface area contributed by atoms with Crippen LogP contribution in [0.3, 0.4) is 0 Å². The molecule has 2 aromatic heterocycles. The average Bonchev–Trinajstić information content (AvgIpc) is 2.88. The molecule has 0 radical (unpaired) electrons. The first kappa shape index (κ1) is 12.4. The van der Waals surface area contributed by atoms with E-state index in [1.165, 1.54) is 27.4 Å². The van der Waals surface area contributed by atoms with E-state index in [1.807, 2.05) is 0 Å². The van der Waals surface area contributed by atoms with E-state index >= 15 is 0 Å². The van der Waals surface area contributed by atoms with Crippen LogP contribution in [0.4, 0.5) is 0 Å². The topological polar surface area (TPSA) is 17.3 Å². The maximum atomic E-state index is 4.80. The molecule has 0 saturated carbocycles. The second-order valence-electron chi connectivity index (χ2n) is 4.96. The zero-order valence-corrected chi connectivity index (χ0v) is 12.6. The van der Waals surface area contributed by atoms with Gasteiger partial charge in [0.15, 0.2) is 4.96 Å². The lowest BCUT2D eigenvalue weighted by Gasteiger charge is -2.02. The summed E-state index contributed by atoms with van der Waals surface area (Å²) in [5.41, 5.74) is 6.23. The molecular weight excluding hydrogens is 252 g/mol. The fourth-order valence-electron chi connectivity index (χ4n) is 2.48. The van der Waals surface area contributed by atoms with Gasteiger partial charge in [-0.2, -0.15) is 0 Å². The Morgan fingerprint density at radius 3 is 2.32 bits per heavy atom. The first-order valence-corrected chi connectivity index (χ1v) is 7.47. The van der Waals surface area contributed by atoms with Gasteiger partial charge in [-0.15, -0.1) is 11.3 Å². The molecule has 0 bridgehead atoms. The zero-order valence-electron chi connectivity index (χ0n) is 11.8. The number of aromatic nitrogens is 2. The number of rotatable bonds is 2. The van der Waals surface area contributed by atoms with Crippen LogP contribution in [0.5, 0.6) is 0 Å². The molecule has 0 amide bonds. The van der Waals surface area contributed by atoms with E-state index < -0.39 is 0 Å². The van der Waals surface area contributed by atoms with E-state index in [2.05, 4.69) is 56.4 Å². The first-order chi connectivity index (χ1) is 9.11. The molecule has 0 spiro atoms. The van der Waals surface area contributed by atoms with Crippen LogP contribution >= 0.6 is 11.3 Å². The van der Waals surface area contributed by atoms with Gasteiger partial charge in [-0.25, -0.2) is 4.98 Å². The number of benzene rings is 1. The SMILES string of the molecule is CCc1ccc(-c2nc3sc(C)c(C)n3c2C)cc1. The third-order valence-corrected chi connectivity index (χ3v) is 4.86. The van der Waals surface area contributed by atoms with E-state index in [0.717, 1.165) is 17.1 Å². The lowest BCUT2D eigenvalue weighted by molar-refractivity contribution is 1.05. The molecule has 3 heteroatoms.